The number of hydrogen-bond acceptors (Lipinski definition) is 8. The molecule has 0 aliphatic rings. The van der Waals surface area contributed by atoms with Gasteiger partial charge in [-0.15, -0.1) is 0 Å². The molecule has 6 rings (SSSR count). The highest BCUT2D eigenvalue weighted by Crippen LogP contribution is 2.50. The van der Waals surface area contributed by atoms with Crippen LogP contribution in [0.15, 0.2) is 97.1 Å². The van der Waals surface area contributed by atoms with Gasteiger partial charge in [-0.2, -0.15) is 0 Å². The Hall–Kier alpha value is -4.90. The first-order valence-electron chi connectivity index (χ1n) is 15.1. The zero-order valence-corrected chi connectivity index (χ0v) is 29.5. The second-order valence-electron chi connectivity index (χ2n) is 10.9. The minimum Gasteiger partial charge on any atom is -0.496 e. The van der Waals surface area contributed by atoms with Crippen LogP contribution in [0.25, 0.3) is 32.7 Å². The van der Waals surface area contributed by atoms with E-state index in [0.717, 1.165) is 55.3 Å². The van der Waals surface area contributed by atoms with Crippen molar-refractivity contribution < 1.29 is 37.0 Å². The third-order valence-electron chi connectivity index (χ3n) is 7.85. The monoisotopic (exact) mass is 682 g/mol. The summed E-state index contributed by atoms with van der Waals surface area (Å²) in [7, 11) is 5.80. The van der Waals surface area contributed by atoms with E-state index >= 15 is 0 Å². The number of ether oxygens (including phenoxy) is 4. The molecule has 0 bridgehead atoms. The van der Waals surface area contributed by atoms with Gasteiger partial charge in [0.15, 0.2) is 23.0 Å². The third-order valence-corrected chi connectivity index (χ3v) is 9.03. The Morgan fingerprint density at radius 3 is 1.06 bits per heavy atom. The first-order valence-corrected chi connectivity index (χ1v) is 16.8. The molecule has 0 spiro atoms. The maximum Gasteiger partial charge on any atom is 0.275 e. The molecule has 0 aliphatic carbocycles. The van der Waals surface area contributed by atoms with Crippen molar-refractivity contribution in [2.24, 2.45) is 0 Å². The Balaban J connectivity index is 1.32. The Morgan fingerprint density at radius 2 is 0.708 bits per heavy atom. The molecule has 2 atom stereocenters. The van der Waals surface area contributed by atoms with E-state index in [0.29, 0.717) is 34.5 Å². The predicted octanol–water partition coefficient (Wildman–Crippen LogP) is 10.2. The Bertz CT molecular complexity index is 1930. The molecule has 0 saturated carbocycles. The van der Waals surface area contributed by atoms with Crippen LogP contribution in [0.3, 0.4) is 0 Å². The summed E-state index contributed by atoms with van der Waals surface area (Å²) in [6.07, 6.45) is 0. The van der Waals surface area contributed by atoms with E-state index in [1.807, 2.05) is 111 Å². The van der Waals surface area contributed by atoms with Crippen molar-refractivity contribution in [1.82, 2.24) is 0 Å². The van der Waals surface area contributed by atoms with Crippen LogP contribution in [0.4, 0.5) is 0 Å². The fourth-order valence-electron chi connectivity index (χ4n) is 5.63. The summed E-state index contributed by atoms with van der Waals surface area (Å²) in [6, 6.07) is 31.3. The number of fused-ring (bicyclic) bond motifs is 2. The van der Waals surface area contributed by atoms with E-state index < -0.39 is 0 Å². The molecule has 246 valence electrons. The summed E-state index contributed by atoms with van der Waals surface area (Å²) in [5.41, 5.74) is 3.49. The predicted molar refractivity (Wildman–Crippen MR) is 195 cm³/mol. The number of rotatable bonds is 13. The fourth-order valence-corrected chi connectivity index (χ4v) is 6.84. The molecule has 8 nitrogen and oxygen atoms in total. The first-order chi connectivity index (χ1) is 23.4. The standard InChI is InChI=1S/C38H36O8P2/c1-23-19-29(37(35(21-23)41-5)45-47-43-33-17-15-31(39-3)25-11-7-9-13-27(25)33)30-20-24(2)22-36(42-6)38(30)46-48-44-34-18-16-32(40-4)26-12-8-10-14-28(26)34/h7-22,47-48H,1-6H3. The Labute approximate surface area is 283 Å². The van der Waals surface area contributed by atoms with Gasteiger partial charge in [0.05, 0.1) is 28.4 Å². The Morgan fingerprint density at radius 1 is 0.375 bits per heavy atom. The van der Waals surface area contributed by atoms with Gasteiger partial charge in [-0.1, -0.05) is 48.5 Å². The molecule has 0 fully saturated rings. The van der Waals surface area contributed by atoms with Crippen molar-refractivity contribution in [3.05, 3.63) is 108 Å². The lowest BCUT2D eigenvalue weighted by Crippen LogP contribution is -1.98. The molecule has 0 amide bonds. The summed E-state index contributed by atoms with van der Waals surface area (Å²) in [4.78, 5) is 0. The maximum absolute atomic E-state index is 6.40. The largest absolute Gasteiger partial charge is 0.496 e. The van der Waals surface area contributed by atoms with Crippen LogP contribution in [-0.4, -0.2) is 28.4 Å². The van der Waals surface area contributed by atoms with Crippen molar-refractivity contribution in [1.29, 1.82) is 0 Å². The molecular formula is C38H36O8P2. The lowest BCUT2D eigenvalue weighted by Gasteiger charge is -2.20. The number of aryl methyl sites for hydroxylation is 2. The highest BCUT2D eigenvalue weighted by molar-refractivity contribution is 7.27. The molecule has 6 aromatic rings. The molecule has 48 heavy (non-hydrogen) atoms. The van der Waals surface area contributed by atoms with Crippen LogP contribution < -0.4 is 37.0 Å². The van der Waals surface area contributed by atoms with E-state index in [1.165, 1.54) is 0 Å². The van der Waals surface area contributed by atoms with Gasteiger partial charge in [0.1, 0.15) is 23.0 Å². The molecule has 0 aliphatic heterocycles. The molecule has 10 heteroatoms. The second-order valence-corrected chi connectivity index (χ2v) is 12.0. The number of methoxy groups -OCH3 is 4. The topological polar surface area (TPSA) is 73.8 Å². The van der Waals surface area contributed by atoms with Gasteiger partial charge in [0.2, 0.25) is 0 Å². The second kappa shape index (κ2) is 14.9. The van der Waals surface area contributed by atoms with E-state index in [2.05, 4.69) is 0 Å². The van der Waals surface area contributed by atoms with E-state index in [-0.39, 0.29) is 18.1 Å². The lowest BCUT2D eigenvalue weighted by atomic mass is 9.98. The van der Waals surface area contributed by atoms with Gasteiger partial charge >= 0.3 is 0 Å². The summed E-state index contributed by atoms with van der Waals surface area (Å²) in [6.45, 7) is 4.01. The first kappa shape index (κ1) is 33.0. The average molecular weight is 683 g/mol. The SMILES string of the molecule is COc1cc(C)cc(-c2cc(C)cc(OC)c2OPOc2ccc(OC)c3ccccc23)c1OPOc1ccc(OC)c2ccccc12. The van der Waals surface area contributed by atoms with Crippen molar-refractivity contribution in [3.63, 3.8) is 0 Å². The zero-order valence-electron chi connectivity index (χ0n) is 27.5. The maximum atomic E-state index is 6.40. The normalized spacial score (nSPS) is 11.4. The number of benzene rings is 6. The molecule has 0 radical (unpaired) electrons. The molecule has 2 unspecified atom stereocenters. The minimum absolute atomic E-state index is 0.378. The molecule has 6 aromatic carbocycles. The summed E-state index contributed by atoms with van der Waals surface area (Å²) < 4.78 is 48.0. The van der Waals surface area contributed by atoms with E-state index in [4.69, 9.17) is 37.0 Å². The Kier molecular flexibility index (Phi) is 10.2. The van der Waals surface area contributed by atoms with Crippen LogP contribution in [0.5, 0.6) is 46.0 Å². The smallest absolute Gasteiger partial charge is 0.275 e. The summed E-state index contributed by atoms with van der Waals surface area (Å²) in [5.74, 6) is 5.08. The van der Waals surface area contributed by atoms with Crippen LogP contribution >= 0.6 is 18.1 Å². The molecule has 0 saturated heterocycles. The van der Waals surface area contributed by atoms with Crippen LogP contribution in [0.1, 0.15) is 11.1 Å². The highest BCUT2D eigenvalue weighted by atomic mass is 31.1. The molecule has 0 heterocycles. The quantitative estimate of drug-likeness (QED) is 0.112. The molecular weight excluding hydrogens is 646 g/mol. The van der Waals surface area contributed by atoms with Gasteiger partial charge in [0.25, 0.3) is 18.1 Å². The van der Waals surface area contributed by atoms with Crippen LogP contribution in [0.2, 0.25) is 0 Å². The zero-order chi connectivity index (χ0) is 33.6. The van der Waals surface area contributed by atoms with Crippen molar-refractivity contribution in [2.45, 2.75) is 13.8 Å². The van der Waals surface area contributed by atoms with E-state index in [1.54, 1.807) is 28.4 Å². The highest BCUT2D eigenvalue weighted by Gasteiger charge is 2.22. The fraction of sp³-hybridized carbons (Fsp3) is 0.158. The minimum atomic E-state index is -0.378. The molecule has 0 N–H and O–H groups in total. The van der Waals surface area contributed by atoms with Crippen LogP contribution in [0, 0.1) is 13.8 Å². The van der Waals surface area contributed by atoms with Gasteiger partial charge in [-0.25, -0.2) is 0 Å². The van der Waals surface area contributed by atoms with Gasteiger partial charge in [-0.3, -0.25) is 0 Å². The van der Waals surface area contributed by atoms with Crippen molar-refractivity contribution in [3.8, 4) is 57.1 Å². The van der Waals surface area contributed by atoms with Crippen molar-refractivity contribution in [2.75, 3.05) is 28.4 Å². The van der Waals surface area contributed by atoms with Gasteiger partial charge in [-0.05, 0) is 73.5 Å². The summed E-state index contributed by atoms with van der Waals surface area (Å²) in [5, 5.41) is 3.76. The van der Waals surface area contributed by atoms with Crippen LogP contribution in [-0.2, 0) is 0 Å². The molecule has 0 aromatic heterocycles. The average Bonchev–Trinajstić information content (AvgIpc) is 3.12. The summed E-state index contributed by atoms with van der Waals surface area (Å²) >= 11 is 0. The van der Waals surface area contributed by atoms with E-state index in [9.17, 15) is 0 Å². The lowest BCUT2D eigenvalue weighted by molar-refractivity contribution is 0.391. The van der Waals surface area contributed by atoms with Crippen molar-refractivity contribution >= 4 is 39.6 Å². The third kappa shape index (κ3) is 6.73. The van der Waals surface area contributed by atoms with Gasteiger partial charge in [0, 0.05) is 32.7 Å². The van der Waals surface area contributed by atoms with Gasteiger partial charge < -0.3 is 37.0 Å². The number of hydrogen-bond donors (Lipinski definition) is 0.